The predicted molar refractivity (Wildman–Crippen MR) is 39.8 cm³/mol. The number of hydrogen-bond acceptors (Lipinski definition) is 4. The van der Waals surface area contributed by atoms with Crippen molar-refractivity contribution >= 4 is 0 Å². The highest BCUT2D eigenvalue weighted by Crippen LogP contribution is 2.06. The fourth-order valence-electron chi connectivity index (χ4n) is 1.02. The van der Waals surface area contributed by atoms with Crippen molar-refractivity contribution < 1.29 is 15.1 Å². The molecule has 1 fully saturated rings. The second kappa shape index (κ2) is 4.01. The van der Waals surface area contributed by atoms with Gasteiger partial charge < -0.3 is 10.2 Å². The fraction of sp³-hybridized carbons (Fsp3) is 1.00. The monoisotopic (exact) mass is 161 g/mol. The van der Waals surface area contributed by atoms with Crippen molar-refractivity contribution in [1.82, 2.24) is 5.06 Å². The van der Waals surface area contributed by atoms with Gasteiger partial charge in [-0.15, -0.1) is 0 Å². The van der Waals surface area contributed by atoms with Crippen molar-refractivity contribution in [3.63, 3.8) is 0 Å². The molecule has 0 aromatic heterocycles. The van der Waals surface area contributed by atoms with Crippen LogP contribution in [0.3, 0.4) is 0 Å². The molecule has 4 heteroatoms. The van der Waals surface area contributed by atoms with E-state index in [9.17, 15) is 5.11 Å². The lowest BCUT2D eigenvalue weighted by molar-refractivity contribution is -0.128. The van der Waals surface area contributed by atoms with Crippen LogP contribution < -0.4 is 0 Å². The second-order valence-electron chi connectivity index (χ2n) is 2.86. The van der Waals surface area contributed by atoms with E-state index >= 15 is 0 Å². The summed E-state index contributed by atoms with van der Waals surface area (Å²) >= 11 is 0. The first-order valence-electron chi connectivity index (χ1n) is 3.96. The fourth-order valence-corrected chi connectivity index (χ4v) is 1.02. The third-order valence-corrected chi connectivity index (χ3v) is 1.75. The van der Waals surface area contributed by atoms with Crippen molar-refractivity contribution in [2.75, 3.05) is 19.7 Å². The molecule has 66 valence electrons. The van der Waals surface area contributed by atoms with Gasteiger partial charge in [0.25, 0.3) is 0 Å². The average molecular weight is 161 g/mol. The summed E-state index contributed by atoms with van der Waals surface area (Å²) in [5.41, 5.74) is 0. The molecule has 1 aliphatic heterocycles. The molecule has 1 heterocycles. The van der Waals surface area contributed by atoms with E-state index in [1.54, 1.807) is 5.06 Å². The van der Waals surface area contributed by atoms with Crippen LogP contribution in [0.2, 0.25) is 0 Å². The standard InChI is InChI=1S/C7H15NO3/c1-2-6(9)3-8-4-7(10)5-11-8/h6-7,9-10H,2-5H2,1H3/t6?,7-/m0/s1. The minimum Gasteiger partial charge on any atom is -0.392 e. The molecular weight excluding hydrogens is 146 g/mol. The molecule has 0 saturated carbocycles. The van der Waals surface area contributed by atoms with Crippen LogP contribution >= 0.6 is 0 Å². The molecule has 1 saturated heterocycles. The van der Waals surface area contributed by atoms with E-state index in [4.69, 9.17) is 9.94 Å². The van der Waals surface area contributed by atoms with E-state index < -0.39 is 0 Å². The number of β-amino-alcohol motifs (C(OH)–C–C–N with tert-alkyl or cyclic N) is 2. The summed E-state index contributed by atoms with van der Waals surface area (Å²) in [7, 11) is 0. The minimum absolute atomic E-state index is 0.347. The maximum absolute atomic E-state index is 9.20. The molecule has 1 aliphatic rings. The van der Waals surface area contributed by atoms with Crippen molar-refractivity contribution in [3.8, 4) is 0 Å². The van der Waals surface area contributed by atoms with E-state index in [1.165, 1.54) is 0 Å². The Hall–Kier alpha value is -0.160. The third kappa shape index (κ3) is 2.75. The summed E-state index contributed by atoms with van der Waals surface area (Å²) in [4.78, 5) is 5.06. The van der Waals surface area contributed by atoms with Crippen molar-refractivity contribution in [2.45, 2.75) is 25.6 Å². The van der Waals surface area contributed by atoms with Gasteiger partial charge in [0.05, 0.1) is 31.9 Å². The first-order chi connectivity index (χ1) is 5.22. The molecule has 2 atom stereocenters. The van der Waals surface area contributed by atoms with Crippen LogP contribution in [0, 0.1) is 0 Å². The highest BCUT2D eigenvalue weighted by Gasteiger charge is 2.22. The third-order valence-electron chi connectivity index (χ3n) is 1.75. The molecule has 0 aliphatic carbocycles. The van der Waals surface area contributed by atoms with Crippen LogP contribution in [-0.2, 0) is 4.84 Å². The van der Waals surface area contributed by atoms with Gasteiger partial charge in [0.15, 0.2) is 0 Å². The number of nitrogens with zero attached hydrogens (tertiary/aromatic N) is 1. The normalized spacial score (nSPS) is 29.2. The van der Waals surface area contributed by atoms with Crippen LogP contribution in [0.25, 0.3) is 0 Å². The Morgan fingerprint density at radius 2 is 2.45 bits per heavy atom. The van der Waals surface area contributed by atoms with E-state index in [0.29, 0.717) is 19.7 Å². The van der Waals surface area contributed by atoms with Gasteiger partial charge in [-0.05, 0) is 6.42 Å². The minimum atomic E-state index is -0.390. The van der Waals surface area contributed by atoms with Gasteiger partial charge in [0.2, 0.25) is 0 Å². The largest absolute Gasteiger partial charge is 0.392 e. The Morgan fingerprint density at radius 1 is 1.73 bits per heavy atom. The molecule has 11 heavy (non-hydrogen) atoms. The second-order valence-corrected chi connectivity index (χ2v) is 2.86. The van der Waals surface area contributed by atoms with Gasteiger partial charge in [0, 0.05) is 0 Å². The van der Waals surface area contributed by atoms with E-state index in [-0.39, 0.29) is 12.2 Å². The average Bonchev–Trinajstić information content (AvgIpc) is 2.35. The van der Waals surface area contributed by atoms with Crippen molar-refractivity contribution in [1.29, 1.82) is 0 Å². The molecular formula is C7H15NO3. The zero-order chi connectivity index (χ0) is 8.27. The zero-order valence-electron chi connectivity index (χ0n) is 6.73. The van der Waals surface area contributed by atoms with Crippen LogP contribution in [0.5, 0.6) is 0 Å². The van der Waals surface area contributed by atoms with Gasteiger partial charge in [-0.1, -0.05) is 6.92 Å². The Morgan fingerprint density at radius 3 is 2.91 bits per heavy atom. The number of aliphatic hydroxyl groups excluding tert-OH is 2. The molecule has 1 unspecified atom stereocenters. The van der Waals surface area contributed by atoms with Gasteiger partial charge in [-0.25, -0.2) is 0 Å². The summed E-state index contributed by atoms with van der Waals surface area (Å²) in [6, 6.07) is 0. The molecule has 0 radical (unpaired) electrons. The maximum atomic E-state index is 9.20. The van der Waals surface area contributed by atoms with Gasteiger partial charge >= 0.3 is 0 Å². The summed E-state index contributed by atoms with van der Waals surface area (Å²) in [6.45, 7) is 3.28. The first kappa shape index (κ1) is 8.93. The highest BCUT2D eigenvalue weighted by atomic mass is 16.7. The van der Waals surface area contributed by atoms with Gasteiger partial charge in [-0.3, -0.25) is 4.84 Å². The predicted octanol–water partition coefficient (Wildman–Crippen LogP) is -0.635. The Balaban J connectivity index is 2.17. The summed E-state index contributed by atoms with van der Waals surface area (Å²) in [5, 5.41) is 19.8. The number of hydroxylamine groups is 2. The summed E-state index contributed by atoms with van der Waals surface area (Å²) in [6.07, 6.45) is -0.0185. The Bertz CT molecular complexity index is 120. The zero-order valence-corrected chi connectivity index (χ0v) is 6.73. The Labute approximate surface area is 66.3 Å². The molecule has 0 amide bonds. The summed E-state index contributed by atoms with van der Waals surface area (Å²) in [5.74, 6) is 0. The number of aliphatic hydroxyl groups is 2. The molecule has 0 aromatic carbocycles. The number of rotatable bonds is 3. The molecule has 4 nitrogen and oxygen atoms in total. The van der Waals surface area contributed by atoms with Crippen LogP contribution in [0.15, 0.2) is 0 Å². The SMILES string of the molecule is CCC(O)CN1C[C@H](O)CO1. The molecule has 1 rings (SSSR count). The first-order valence-corrected chi connectivity index (χ1v) is 3.96. The van der Waals surface area contributed by atoms with Crippen LogP contribution in [0.1, 0.15) is 13.3 Å². The Kier molecular flexibility index (Phi) is 3.26. The van der Waals surface area contributed by atoms with Crippen LogP contribution in [-0.4, -0.2) is 47.2 Å². The van der Waals surface area contributed by atoms with Crippen LogP contribution in [0.4, 0.5) is 0 Å². The highest BCUT2D eigenvalue weighted by molar-refractivity contribution is 4.66. The smallest absolute Gasteiger partial charge is 0.0958 e. The lowest BCUT2D eigenvalue weighted by atomic mass is 10.3. The quantitative estimate of drug-likeness (QED) is 0.578. The topological polar surface area (TPSA) is 52.9 Å². The van der Waals surface area contributed by atoms with E-state index in [2.05, 4.69) is 0 Å². The lowest BCUT2D eigenvalue weighted by Gasteiger charge is -2.16. The molecule has 2 N–H and O–H groups in total. The van der Waals surface area contributed by atoms with E-state index in [0.717, 1.165) is 6.42 Å². The lowest BCUT2D eigenvalue weighted by Crippen LogP contribution is -2.29. The van der Waals surface area contributed by atoms with Crippen molar-refractivity contribution in [3.05, 3.63) is 0 Å². The molecule has 0 aromatic rings. The maximum Gasteiger partial charge on any atom is 0.0958 e. The molecule has 0 bridgehead atoms. The molecule has 0 spiro atoms. The summed E-state index contributed by atoms with van der Waals surface area (Å²) < 4.78 is 0. The van der Waals surface area contributed by atoms with Gasteiger partial charge in [0.1, 0.15) is 0 Å². The van der Waals surface area contributed by atoms with Gasteiger partial charge in [-0.2, -0.15) is 5.06 Å². The van der Waals surface area contributed by atoms with Crippen molar-refractivity contribution in [2.24, 2.45) is 0 Å². The van der Waals surface area contributed by atoms with E-state index in [1.807, 2.05) is 6.92 Å². The number of hydrogen-bond donors (Lipinski definition) is 2.